The number of amides is 2. The van der Waals surface area contributed by atoms with E-state index in [1.165, 1.54) is 17.7 Å². The molecule has 54 heavy (non-hydrogen) atoms. The number of ether oxygens (including phenoxy) is 1. The Balaban J connectivity index is 0.957. The van der Waals surface area contributed by atoms with Gasteiger partial charge in [0.05, 0.1) is 15.2 Å². The monoisotopic (exact) mass is 756 g/mol. The summed E-state index contributed by atoms with van der Waals surface area (Å²) in [5.74, 6) is -0.442. The van der Waals surface area contributed by atoms with Crippen LogP contribution in [0.4, 0.5) is 17.1 Å². The first-order valence-electron chi connectivity index (χ1n) is 18.7. The predicted molar refractivity (Wildman–Crippen MR) is 206 cm³/mol. The third-order valence-corrected chi connectivity index (χ3v) is 13.6. The van der Waals surface area contributed by atoms with E-state index in [1.807, 2.05) is 12.1 Å². The summed E-state index contributed by atoms with van der Waals surface area (Å²) in [6.45, 7) is 9.99. The Labute approximate surface area is 316 Å². The minimum Gasteiger partial charge on any atom is -0.381 e. The molecule has 3 aromatic carbocycles. The molecule has 2 unspecified atom stereocenters. The molecule has 4 aliphatic rings. The number of rotatable bonds is 12. The number of piperazine rings is 1. The highest BCUT2D eigenvalue weighted by molar-refractivity contribution is 7.90. The standard InChI is InChI=1S/C40H48N6O7S/c1-39(2)30-13-16-40(39,38(41)48)34(23-30)33-6-4-3-5-29(33)26-44-17-19-45(20-18-44)31-9-7-28(8-10-31)37(47)43-54(51,52)32-11-12-35(36(24-32)46(49)50)42-25-27-14-21-53-22-15-27/h3-12,23-24,27,30,42H,13-22,25-26H2,1-2H3,(H2,41,48)(H,43,47). The van der Waals surface area contributed by atoms with Gasteiger partial charge in [0.2, 0.25) is 5.91 Å². The Bertz CT molecular complexity index is 2070. The lowest BCUT2D eigenvalue weighted by molar-refractivity contribution is -0.384. The third-order valence-electron chi connectivity index (χ3n) is 12.3. The second kappa shape index (κ2) is 14.8. The van der Waals surface area contributed by atoms with Crippen LogP contribution in [0.3, 0.4) is 0 Å². The van der Waals surface area contributed by atoms with E-state index in [9.17, 15) is 28.1 Å². The number of nitrogens with one attached hydrogen (secondary N) is 2. The Morgan fingerprint density at radius 3 is 2.35 bits per heavy atom. The van der Waals surface area contributed by atoms with Crippen LogP contribution in [0.15, 0.2) is 77.7 Å². The van der Waals surface area contributed by atoms with E-state index in [0.29, 0.717) is 31.6 Å². The lowest BCUT2D eigenvalue weighted by atomic mass is 9.64. The zero-order valence-corrected chi connectivity index (χ0v) is 31.6. The van der Waals surface area contributed by atoms with Crippen molar-refractivity contribution in [2.45, 2.75) is 51.0 Å². The van der Waals surface area contributed by atoms with Crippen LogP contribution in [0, 0.1) is 32.8 Å². The molecule has 0 spiro atoms. The molecular weight excluding hydrogens is 709 g/mol. The molecule has 13 nitrogen and oxygen atoms in total. The molecule has 2 amide bonds. The summed E-state index contributed by atoms with van der Waals surface area (Å²) in [6, 6.07) is 18.7. The van der Waals surface area contributed by atoms with Crippen LogP contribution in [0.5, 0.6) is 0 Å². The SMILES string of the molecule is CC1(C)C2C=C(c3ccccc3CN3CCN(c4ccc(C(=O)NS(=O)(=O)c5ccc(NCC6CCOCC6)c([N+](=O)[O-])c5)cc4)CC3)C1(C(N)=O)CC2. The van der Waals surface area contributed by atoms with Gasteiger partial charge in [0, 0.05) is 69.8 Å². The van der Waals surface area contributed by atoms with Gasteiger partial charge in [-0.15, -0.1) is 0 Å². The second-order valence-electron chi connectivity index (χ2n) is 15.5. The molecule has 3 fully saturated rings. The third kappa shape index (κ3) is 6.98. The van der Waals surface area contributed by atoms with Crippen molar-refractivity contribution in [2.75, 3.05) is 56.2 Å². The number of nitro groups is 1. The van der Waals surface area contributed by atoms with Crippen molar-refractivity contribution in [2.24, 2.45) is 28.4 Å². The minimum atomic E-state index is -4.39. The molecule has 1 saturated carbocycles. The lowest BCUT2D eigenvalue weighted by Gasteiger charge is -2.39. The maximum absolute atomic E-state index is 13.2. The molecule has 4 N–H and O–H groups in total. The Morgan fingerprint density at radius 2 is 1.69 bits per heavy atom. The van der Waals surface area contributed by atoms with Gasteiger partial charge in [-0.05, 0) is 96.0 Å². The van der Waals surface area contributed by atoms with E-state index in [2.05, 4.69) is 51.9 Å². The van der Waals surface area contributed by atoms with Crippen LogP contribution in [0.2, 0.25) is 0 Å². The maximum atomic E-state index is 13.2. The molecule has 2 saturated heterocycles. The average Bonchev–Trinajstić information content (AvgIpc) is 3.56. The highest BCUT2D eigenvalue weighted by Gasteiger charge is 2.63. The van der Waals surface area contributed by atoms with Gasteiger partial charge in [0.1, 0.15) is 5.69 Å². The number of allylic oxidation sites excluding steroid dienone is 1. The number of hydrogen-bond acceptors (Lipinski definition) is 10. The first kappa shape index (κ1) is 37.5. The number of anilines is 2. The van der Waals surface area contributed by atoms with Gasteiger partial charge in [0.25, 0.3) is 21.6 Å². The summed E-state index contributed by atoms with van der Waals surface area (Å²) >= 11 is 0. The fourth-order valence-corrected chi connectivity index (χ4v) is 9.95. The topological polar surface area (TPSA) is 177 Å². The normalized spacial score (nSPS) is 22.8. The summed E-state index contributed by atoms with van der Waals surface area (Å²) in [5.41, 5.74) is 9.52. The highest BCUT2D eigenvalue weighted by Crippen LogP contribution is 2.67. The number of carbonyl (C=O) groups excluding carboxylic acids is 2. The Hall–Kier alpha value is -4.79. The first-order chi connectivity index (χ1) is 25.8. The number of sulfonamides is 1. The predicted octanol–water partition coefficient (Wildman–Crippen LogP) is 5.18. The second-order valence-corrected chi connectivity index (χ2v) is 17.2. The van der Waals surface area contributed by atoms with Crippen molar-refractivity contribution >= 4 is 44.5 Å². The summed E-state index contributed by atoms with van der Waals surface area (Å²) < 4.78 is 33.7. The number of nitro benzene ring substituents is 1. The van der Waals surface area contributed by atoms with Crippen molar-refractivity contribution in [3.63, 3.8) is 0 Å². The van der Waals surface area contributed by atoms with E-state index < -0.39 is 26.3 Å². The van der Waals surface area contributed by atoms with Gasteiger partial charge < -0.3 is 20.7 Å². The van der Waals surface area contributed by atoms with Crippen LogP contribution >= 0.6 is 0 Å². The number of fused-ring (bicyclic) bond motifs is 2. The fourth-order valence-electron chi connectivity index (χ4n) is 8.96. The number of hydrogen-bond donors (Lipinski definition) is 3. The van der Waals surface area contributed by atoms with Crippen LogP contribution < -0.4 is 20.7 Å². The fraction of sp³-hybridized carbons (Fsp3) is 0.450. The van der Waals surface area contributed by atoms with Crippen molar-refractivity contribution in [1.82, 2.24) is 9.62 Å². The van der Waals surface area contributed by atoms with Crippen molar-refractivity contribution in [1.29, 1.82) is 0 Å². The Kier molecular flexibility index (Phi) is 10.3. The maximum Gasteiger partial charge on any atom is 0.293 e. The number of nitrogens with zero attached hydrogens (tertiary/aromatic N) is 3. The van der Waals surface area contributed by atoms with Gasteiger partial charge in [-0.3, -0.25) is 24.6 Å². The van der Waals surface area contributed by atoms with Gasteiger partial charge in [-0.2, -0.15) is 0 Å². The van der Waals surface area contributed by atoms with Crippen molar-refractivity contribution < 1.29 is 27.7 Å². The minimum absolute atomic E-state index is 0.147. The largest absolute Gasteiger partial charge is 0.381 e. The zero-order valence-electron chi connectivity index (χ0n) is 30.8. The number of nitrogens with two attached hydrogens (primary N) is 1. The molecule has 2 aliphatic carbocycles. The molecule has 0 aromatic heterocycles. The molecule has 286 valence electrons. The number of benzene rings is 3. The summed E-state index contributed by atoms with van der Waals surface area (Å²) in [5, 5.41) is 14.9. The quantitative estimate of drug-likeness (QED) is 0.165. The van der Waals surface area contributed by atoms with Crippen molar-refractivity contribution in [3.05, 3.63) is 99.6 Å². The average molecular weight is 757 g/mol. The van der Waals surface area contributed by atoms with E-state index >= 15 is 0 Å². The molecular formula is C40H48N6O7S. The van der Waals surface area contributed by atoms with Crippen LogP contribution in [-0.2, 0) is 26.1 Å². The van der Waals surface area contributed by atoms with E-state index in [4.69, 9.17) is 10.5 Å². The Morgan fingerprint density at radius 1 is 0.981 bits per heavy atom. The highest BCUT2D eigenvalue weighted by atomic mass is 32.2. The first-order valence-corrected chi connectivity index (χ1v) is 20.1. The molecule has 14 heteroatoms. The molecule has 2 bridgehead atoms. The molecule has 2 heterocycles. The summed E-state index contributed by atoms with van der Waals surface area (Å²) in [7, 11) is -4.39. The number of primary amides is 1. The lowest BCUT2D eigenvalue weighted by Crippen LogP contribution is -2.46. The smallest absolute Gasteiger partial charge is 0.293 e. The van der Waals surface area contributed by atoms with Crippen LogP contribution in [0.25, 0.3) is 5.57 Å². The molecule has 2 aliphatic heterocycles. The summed E-state index contributed by atoms with van der Waals surface area (Å²) in [6.07, 6.45) is 5.73. The zero-order chi connectivity index (χ0) is 38.3. The van der Waals surface area contributed by atoms with Gasteiger partial charge in [-0.1, -0.05) is 44.2 Å². The van der Waals surface area contributed by atoms with Crippen LogP contribution in [-0.4, -0.2) is 76.0 Å². The molecule has 3 aromatic rings. The summed E-state index contributed by atoms with van der Waals surface area (Å²) in [4.78, 5) is 41.5. The van der Waals surface area contributed by atoms with Gasteiger partial charge in [0.15, 0.2) is 0 Å². The molecule has 0 radical (unpaired) electrons. The molecule has 2 atom stereocenters. The van der Waals surface area contributed by atoms with Crippen LogP contribution in [0.1, 0.15) is 61.0 Å². The van der Waals surface area contributed by atoms with Gasteiger partial charge >= 0.3 is 0 Å². The van der Waals surface area contributed by atoms with E-state index in [1.54, 1.807) is 24.3 Å². The van der Waals surface area contributed by atoms with Gasteiger partial charge in [-0.25, -0.2) is 13.1 Å². The van der Waals surface area contributed by atoms with E-state index in [-0.39, 0.29) is 33.2 Å². The van der Waals surface area contributed by atoms with E-state index in [0.717, 1.165) is 81.3 Å². The molecule has 7 rings (SSSR count). The van der Waals surface area contributed by atoms with Crippen molar-refractivity contribution in [3.8, 4) is 0 Å². The number of carbonyl (C=O) groups is 2.